The maximum Gasteiger partial charge on any atom is 0.416 e. The molecule has 0 radical (unpaired) electrons. The van der Waals surface area contributed by atoms with Crippen molar-refractivity contribution in [3.8, 4) is 10.7 Å². The van der Waals surface area contributed by atoms with Gasteiger partial charge in [0.1, 0.15) is 11.8 Å². The van der Waals surface area contributed by atoms with Crippen molar-refractivity contribution in [3.05, 3.63) is 59.8 Å². The molecule has 5 nitrogen and oxygen atoms in total. The van der Waals surface area contributed by atoms with E-state index in [4.69, 9.17) is 4.74 Å². The van der Waals surface area contributed by atoms with Gasteiger partial charge in [-0.1, -0.05) is 29.5 Å². The fraction of sp³-hybridized carbons (Fsp3) is 0.278. The summed E-state index contributed by atoms with van der Waals surface area (Å²) >= 11 is 1.40. The highest BCUT2D eigenvalue weighted by Crippen LogP contribution is 2.34. The normalized spacial score (nSPS) is 17.9. The summed E-state index contributed by atoms with van der Waals surface area (Å²) in [5.41, 5.74) is 0.571. The molecule has 4 rings (SSSR count). The van der Waals surface area contributed by atoms with E-state index >= 15 is 0 Å². The maximum atomic E-state index is 13.0. The van der Waals surface area contributed by atoms with Gasteiger partial charge in [0.05, 0.1) is 18.7 Å². The van der Waals surface area contributed by atoms with Crippen LogP contribution in [0.3, 0.4) is 0 Å². The van der Waals surface area contributed by atoms with E-state index in [-0.39, 0.29) is 0 Å². The molecule has 1 atom stereocenters. The summed E-state index contributed by atoms with van der Waals surface area (Å²) in [6, 6.07) is 10.8. The Morgan fingerprint density at radius 2 is 2.00 bits per heavy atom. The third-order valence-electron chi connectivity index (χ3n) is 4.22. The second kappa shape index (κ2) is 7.24. The minimum Gasteiger partial charge on any atom is -0.370 e. The molecule has 1 saturated heterocycles. The van der Waals surface area contributed by atoms with E-state index in [0.717, 1.165) is 17.8 Å². The summed E-state index contributed by atoms with van der Waals surface area (Å²) in [6.07, 6.45) is -3.14. The number of halogens is 3. The van der Waals surface area contributed by atoms with E-state index in [1.165, 1.54) is 17.4 Å². The number of hydrogen-bond donors (Lipinski definition) is 0. The van der Waals surface area contributed by atoms with Crippen molar-refractivity contribution in [3.63, 3.8) is 0 Å². The van der Waals surface area contributed by atoms with Gasteiger partial charge in [0.2, 0.25) is 5.13 Å². The van der Waals surface area contributed by atoms with Gasteiger partial charge in [0, 0.05) is 12.7 Å². The number of aromatic nitrogens is 3. The first-order chi connectivity index (χ1) is 13.0. The molecular formula is C18H15F3N4OS. The number of alkyl halides is 3. The van der Waals surface area contributed by atoms with Gasteiger partial charge in [-0.05, 0) is 29.8 Å². The Hall–Kier alpha value is -2.52. The molecular weight excluding hydrogens is 377 g/mol. The monoisotopic (exact) mass is 392 g/mol. The molecule has 0 spiro atoms. The first kappa shape index (κ1) is 17.9. The molecule has 0 bridgehead atoms. The zero-order chi connectivity index (χ0) is 18.9. The quantitative estimate of drug-likeness (QED) is 0.669. The summed E-state index contributed by atoms with van der Waals surface area (Å²) in [5.74, 6) is 0. The predicted molar refractivity (Wildman–Crippen MR) is 95.5 cm³/mol. The van der Waals surface area contributed by atoms with E-state index in [9.17, 15) is 13.2 Å². The van der Waals surface area contributed by atoms with Crippen LogP contribution in [0, 0.1) is 0 Å². The van der Waals surface area contributed by atoms with Crippen LogP contribution in [-0.4, -0.2) is 34.9 Å². The molecule has 1 aliphatic rings. The number of benzene rings is 1. The Balaban J connectivity index is 1.53. The third kappa shape index (κ3) is 3.93. The lowest BCUT2D eigenvalue weighted by Crippen LogP contribution is -2.38. The van der Waals surface area contributed by atoms with E-state index in [1.807, 2.05) is 23.1 Å². The Morgan fingerprint density at radius 3 is 2.78 bits per heavy atom. The van der Waals surface area contributed by atoms with Crippen LogP contribution in [0.25, 0.3) is 10.7 Å². The Labute approximate surface area is 157 Å². The Bertz CT molecular complexity index is 916. The van der Waals surface area contributed by atoms with Gasteiger partial charge < -0.3 is 9.64 Å². The van der Waals surface area contributed by atoms with Crippen LogP contribution in [0.4, 0.5) is 18.3 Å². The molecule has 2 aromatic heterocycles. The number of nitrogens with zero attached hydrogens (tertiary/aromatic N) is 4. The predicted octanol–water partition coefficient (Wildman–Crippen LogP) is 4.20. The molecule has 1 aromatic carbocycles. The summed E-state index contributed by atoms with van der Waals surface area (Å²) in [4.78, 5) is 6.25. The van der Waals surface area contributed by atoms with Gasteiger partial charge >= 0.3 is 6.18 Å². The van der Waals surface area contributed by atoms with Crippen LogP contribution in [0.15, 0.2) is 48.7 Å². The molecule has 0 N–H and O–H groups in total. The lowest BCUT2D eigenvalue weighted by molar-refractivity contribution is -0.137. The second-order valence-corrected chi connectivity index (χ2v) is 6.99. The van der Waals surface area contributed by atoms with Crippen molar-refractivity contribution in [2.24, 2.45) is 0 Å². The first-order valence-electron chi connectivity index (χ1n) is 8.29. The van der Waals surface area contributed by atoms with Gasteiger partial charge in [-0.2, -0.15) is 13.2 Å². The van der Waals surface area contributed by atoms with Crippen LogP contribution >= 0.6 is 11.3 Å². The largest absolute Gasteiger partial charge is 0.416 e. The van der Waals surface area contributed by atoms with Gasteiger partial charge in [0.25, 0.3) is 0 Å². The van der Waals surface area contributed by atoms with E-state index in [2.05, 4.69) is 15.2 Å². The van der Waals surface area contributed by atoms with Crippen LogP contribution in [0.2, 0.25) is 0 Å². The first-order valence-corrected chi connectivity index (χ1v) is 9.11. The van der Waals surface area contributed by atoms with E-state index < -0.39 is 17.8 Å². The molecule has 3 aromatic rings. The van der Waals surface area contributed by atoms with Crippen molar-refractivity contribution in [2.45, 2.75) is 12.3 Å². The maximum absolute atomic E-state index is 13.0. The molecule has 140 valence electrons. The van der Waals surface area contributed by atoms with Crippen molar-refractivity contribution in [1.29, 1.82) is 0 Å². The van der Waals surface area contributed by atoms with Crippen LogP contribution < -0.4 is 4.90 Å². The number of anilines is 1. The zero-order valence-electron chi connectivity index (χ0n) is 14.1. The average Bonchev–Trinajstić information content (AvgIpc) is 3.19. The number of pyridine rings is 1. The third-order valence-corrected chi connectivity index (χ3v) is 5.23. The van der Waals surface area contributed by atoms with Crippen molar-refractivity contribution in [1.82, 2.24) is 15.2 Å². The number of morpholine rings is 1. The minimum absolute atomic E-state index is 0.402. The summed E-state index contributed by atoms with van der Waals surface area (Å²) < 4.78 is 44.6. The number of hydrogen-bond acceptors (Lipinski definition) is 6. The zero-order valence-corrected chi connectivity index (χ0v) is 14.9. The number of rotatable bonds is 3. The molecule has 0 aliphatic carbocycles. The van der Waals surface area contributed by atoms with Gasteiger partial charge in [0.15, 0.2) is 5.01 Å². The smallest absolute Gasteiger partial charge is 0.370 e. The highest BCUT2D eigenvalue weighted by molar-refractivity contribution is 7.18. The van der Waals surface area contributed by atoms with Crippen LogP contribution in [-0.2, 0) is 10.9 Å². The standard InChI is InChI=1S/C18H15F3N4OS/c19-18(20,21)13-5-3-4-12(10-13)15-11-25(8-9-26-15)17-24-23-16(27-17)14-6-1-2-7-22-14/h1-7,10,15H,8-9,11H2. The molecule has 0 saturated carbocycles. The molecule has 9 heteroatoms. The minimum atomic E-state index is -4.37. The fourth-order valence-electron chi connectivity index (χ4n) is 2.88. The lowest BCUT2D eigenvalue weighted by atomic mass is 10.0. The highest BCUT2D eigenvalue weighted by atomic mass is 32.1. The van der Waals surface area contributed by atoms with Crippen LogP contribution in [0.1, 0.15) is 17.2 Å². The Morgan fingerprint density at radius 1 is 1.11 bits per heavy atom. The average molecular weight is 392 g/mol. The van der Waals surface area contributed by atoms with Crippen molar-refractivity contribution < 1.29 is 17.9 Å². The molecule has 1 fully saturated rings. The molecule has 0 amide bonds. The number of ether oxygens (including phenoxy) is 1. The van der Waals surface area contributed by atoms with Crippen molar-refractivity contribution in [2.75, 3.05) is 24.6 Å². The van der Waals surface area contributed by atoms with Gasteiger partial charge in [-0.25, -0.2) is 0 Å². The Kier molecular flexibility index (Phi) is 4.79. The summed E-state index contributed by atoms with van der Waals surface area (Å²) in [7, 11) is 0. The summed E-state index contributed by atoms with van der Waals surface area (Å²) in [6.45, 7) is 1.42. The van der Waals surface area contributed by atoms with Gasteiger partial charge in [-0.15, -0.1) is 10.2 Å². The molecule has 1 aliphatic heterocycles. The SMILES string of the molecule is FC(F)(F)c1cccc(C2CN(c3nnc(-c4ccccn4)s3)CCO2)c1. The molecule has 3 heterocycles. The van der Waals surface area contributed by atoms with Crippen molar-refractivity contribution >= 4 is 16.5 Å². The topological polar surface area (TPSA) is 51.1 Å². The van der Waals surface area contributed by atoms with Gasteiger partial charge in [-0.3, -0.25) is 4.98 Å². The van der Waals surface area contributed by atoms with Crippen LogP contribution in [0.5, 0.6) is 0 Å². The summed E-state index contributed by atoms with van der Waals surface area (Å²) in [5, 5.41) is 9.81. The second-order valence-electron chi connectivity index (χ2n) is 6.03. The molecule has 1 unspecified atom stereocenters. The highest BCUT2D eigenvalue weighted by Gasteiger charge is 2.32. The van der Waals surface area contributed by atoms with E-state index in [0.29, 0.717) is 35.4 Å². The van der Waals surface area contributed by atoms with E-state index in [1.54, 1.807) is 12.3 Å². The fourth-order valence-corrected chi connectivity index (χ4v) is 3.73. The molecule has 27 heavy (non-hydrogen) atoms. The lowest BCUT2D eigenvalue weighted by Gasteiger charge is -2.32.